The summed E-state index contributed by atoms with van der Waals surface area (Å²) >= 11 is 5.88. The van der Waals surface area contributed by atoms with Crippen molar-refractivity contribution in [2.24, 2.45) is 0 Å². The molecule has 0 radical (unpaired) electrons. The minimum absolute atomic E-state index is 0.0311. The molecule has 1 heterocycles. The van der Waals surface area contributed by atoms with Crippen molar-refractivity contribution in [3.8, 4) is 0 Å². The molecule has 21 heavy (non-hydrogen) atoms. The van der Waals surface area contributed by atoms with E-state index in [1.807, 2.05) is 0 Å². The zero-order chi connectivity index (χ0) is 15.0. The zero-order valence-electron chi connectivity index (χ0n) is 10.8. The molecule has 1 saturated carbocycles. The highest BCUT2D eigenvalue weighted by Crippen LogP contribution is 2.43. The molecule has 2 atom stereocenters. The Bertz CT molecular complexity index is 688. The van der Waals surface area contributed by atoms with Gasteiger partial charge in [0.05, 0.1) is 10.6 Å². The largest absolute Gasteiger partial charge is 0.349 e. The molecule has 1 aliphatic carbocycles. The molecule has 1 aromatic heterocycles. The molecule has 0 saturated heterocycles. The maximum atomic E-state index is 13.7. The summed E-state index contributed by atoms with van der Waals surface area (Å²) in [6, 6.07) is 4.97. The van der Waals surface area contributed by atoms with E-state index in [9.17, 15) is 13.6 Å². The number of nitrogens with one attached hydrogen (secondary N) is 1. The van der Waals surface area contributed by atoms with E-state index >= 15 is 0 Å². The lowest BCUT2D eigenvalue weighted by Gasteiger charge is -2.07. The average Bonchev–Trinajstić information content (AvgIpc) is 3.18. The van der Waals surface area contributed by atoms with Gasteiger partial charge >= 0.3 is 0 Å². The predicted molar refractivity (Wildman–Crippen MR) is 74.2 cm³/mol. The summed E-state index contributed by atoms with van der Waals surface area (Å²) in [6.07, 6.45) is 3.34. The first-order valence-electron chi connectivity index (χ1n) is 6.42. The smallest absolute Gasteiger partial charge is 0.253 e. The van der Waals surface area contributed by atoms with E-state index in [0.29, 0.717) is 12.0 Å². The van der Waals surface area contributed by atoms with E-state index < -0.39 is 11.6 Å². The fourth-order valence-corrected chi connectivity index (χ4v) is 2.55. The molecule has 1 aromatic carbocycles. The van der Waals surface area contributed by atoms with Gasteiger partial charge in [-0.15, -0.1) is 0 Å². The second-order valence-corrected chi connectivity index (χ2v) is 5.32. The number of amides is 1. The second-order valence-electron chi connectivity index (χ2n) is 4.91. The van der Waals surface area contributed by atoms with Crippen molar-refractivity contribution in [1.29, 1.82) is 0 Å². The van der Waals surface area contributed by atoms with Crippen molar-refractivity contribution >= 4 is 17.5 Å². The van der Waals surface area contributed by atoms with Crippen LogP contribution >= 0.6 is 11.6 Å². The van der Waals surface area contributed by atoms with Gasteiger partial charge in [-0.3, -0.25) is 9.78 Å². The third-order valence-electron chi connectivity index (χ3n) is 3.49. The van der Waals surface area contributed by atoms with Crippen LogP contribution in [0.5, 0.6) is 0 Å². The number of rotatable bonds is 3. The summed E-state index contributed by atoms with van der Waals surface area (Å²) in [5, 5.41) is 2.97. The van der Waals surface area contributed by atoms with Crippen molar-refractivity contribution in [2.45, 2.75) is 18.4 Å². The second kappa shape index (κ2) is 5.41. The molecule has 0 unspecified atom stereocenters. The Balaban J connectivity index is 1.72. The summed E-state index contributed by atoms with van der Waals surface area (Å²) < 4.78 is 27.3. The van der Waals surface area contributed by atoms with Crippen LogP contribution < -0.4 is 5.32 Å². The molecule has 2 aromatic rings. The molecule has 3 rings (SSSR count). The highest BCUT2D eigenvalue weighted by molar-refractivity contribution is 6.33. The van der Waals surface area contributed by atoms with Crippen LogP contribution in [0.25, 0.3) is 0 Å². The van der Waals surface area contributed by atoms with Crippen molar-refractivity contribution < 1.29 is 13.6 Å². The number of carbonyl (C=O) groups is 1. The zero-order valence-corrected chi connectivity index (χ0v) is 11.6. The van der Waals surface area contributed by atoms with E-state index in [0.717, 1.165) is 0 Å². The van der Waals surface area contributed by atoms with Gasteiger partial charge in [0.25, 0.3) is 5.91 Å². The van der Waals surface area contributed by atoms with Gasteiger partial charge in [0.2, 0.25) is 0 Å². The molecular formula is C15H11ClF2N2O. The molecule has 1 fully saturated rings. The molecule has 1 aliphatic rings. The van der Waals surface area contributed by atoms with Crippen LogP contribution in [0.2, 0.25) is 5.02 Å². The lowest BCUT2D eigenvalue weighted by atomic mass is 10.1. The number of hydrogen-bond donors (Lipinski definition) is 1. The molecule has 1 amide bonds. The first kappa shape index (κ1) is 13.9. The molecule has 3 nitrogen and oxygen atoms in total. The Kier molecular flexibility index (Phi) is 3.59. The van der Waals surface area contributed by atoms with Crippen molar-refractivity contribution in [3.05, 3.63) is 64.4 Å². The molecule has 6 heteroatoms. The van der Waals surface area contributed by atoms with E-state index in [2.05, 4.69) is 10.3 Å². The van der Waals surface area contributed by atoms with Crippen LogP contribution in [-0.4, -0.2) is 16.9 Å². The maximum absolute atomic E-state index is 13.7. The Morgan fingerprint density at radius 3 is 2.67 bits per heavy atom. The van der Waals surface area contributed by atoms with Gasteiger partial charge in [-0.2, -0.15) is 0 Å². The third-order valence-corrected chi connectivity index (χ3v) is 3.80. The lowest BCUT2D eigenvalue weighted by molar-refractivity contribution is 0.0950. The molecular weight excluding hydrogens is 298 g/mol. The van der Waals surface area contributed by atoms with Crippen LogP contribution in [0.3, 0.4) is 0 Å². The quantitative estimate of drug-likeness (QED) is 0.945. The van der Waals surface area contributed by atoms with Crippen LogP contribution in [0.4, 0.5) is 8.78 Å². The number of pyridine rings is 1. The summed E-state index contributed by atoms with van der Waals surface area (Å²) in [6.45, 7) is 0. The topological polar surface area (TPSA) is 42.0 Å². The Hall–Kier alpha value is -2.01. The Labute approximate surface area is 125 Å². The fraction of sp³-hybridized carbons (Fsp3) is 0.200. The number of nitrogens with zero attached hydrogens (tertiary/aromatic N) is 1. The first-order chi connectivity index (χ1) is 10.1. The fourth-order valence-electron chi connectivity index (χ4n) is 2.34. The molecule has 0 spiro atoms. The highest BCUT2D eigenvalue weighted by atomic mass is 35.5. The van der Waals surface area contributed by atoms with Gasteiger partial charge < -0.3 is 5.32 Å². The van der Waals surface area contributed by atoms with E-state index in [4.69, 9.17) is 11.6 Å². The summed E-state index contributed by atoms with van der Waals surface area (Å²) in [7, 11) is 0. The van der Waals surface area contributed by atoms with Gasteiger partial charge in [-0.05, 0) is 24.6 Å². The van der Waals surface area contributed by atoms with Crippen LogP contribution in [-0.2, 0) is 0 Å². The van der Waals surface area contributed by atoms with Gasteiger partial charge in [-0.1, -0.05) is 17.7 Å². The van der Waals surface area contributed by atoms with Crippen molar-refractivity contribution in [1.82, 2.24) is 10.3 Å². The Morgan fingerprint density at radius 1 is 1.29 bits per heavy atom. The monoisotopic (exact) mass is 308 g/mol. The average molecular weight is 309 g/mol. The number of benzene rings is 1. The normalized spacial score (nSPS) is 20.1. The minimum atomic E-state index is -0.585. The number of hydrogen-bond acceptors (Lipinski definition) is 2. The summed E-state index contributed by atoms with van der Waals surface area (Å²) in [5.41, 5.74) is 0.329. The third kappa shape index (κ3) is 2.74. The van der Waals surface area contributed by atoms with Gasteiger partial charge in [0, 0.05) is 29.9 Å². The minimum Gasteiger partial charge on any atom is -0.349 e. The predicted octanol–water partition coefficient (Wildman–Crippen LogP) is 3.30. The van der Waals surface area contributed by atoms with Crippen molar-refractivity contribution in [3.63, 3.8) is 0 Å². The molecule has 1 N–H and O–H groups in total. The number of halogens is 3. The molecule has 0 aliphatic heterocycles. The van der Waals surface area contributed by atoms with Gasteiger partial charge in [0.1, 0.15) is 11.6 Å². The van der Waals surface area contributed by atoms with Gasteiger partial charge in [0.15, 0.2) is 0 Å². The standard InChI is InChI=1S/C15H11ClF2N2O/c16-10-7-19-5-4-8(10)15(21)20-13-6-9(13)14-11(17)2-1-3-12(14)18/h1-5,7,9,13H,6H2,(H,20,21)/t9-,13-/m1/s1. The summed E-state index contributed by atoms with van der Waals surface area (Å²) in [4.78, 5) is 15.8. The van der Waals surface area contributed by atoms with Crippen LogP contribution in [0.1, 0.15) is 28.3 Å². The van der Waals surface area contributed by atoms with Crippen LogP contribution in [0.15, 0.2) is 36.7 Å². The summed E-state index contributed by atoms with van der Waals surface area (Å²) in [5.74, 6) is -1.88. The van der Waals surface area contributed by atoms with E-state index in [1.54, 1.807) is 0 Å². The molecule has 108 valence electrons. The highest BCUT2D eigenvalue weighted by Gasteiger charge is 2.42. The SMILES string of the molecule is O=C(N[C@@H]1C[C@H]1c1c(F)cccc1F)c1ccncc1Cl. The van der Waals surface area contributed by atoms with E-state index in [-0.39, 0.29) is 28.5 Å². The van der Waals surface area contributed by atoms with E-state index in [1.165, 1.54) is 36.7 Å². The first-order valence-corrected chi connectivity index (χ1v) is 6.80. The number of carbonyl (C=O) groups excluding carboxylic acids is 1. The van der Waals surface area contributed by atoms with Gasteiger partial charge in [-0.25, -0.2) is 8.78 Å². The van der Waals surface area contributed by atoms with Crippen LogP contribution in [0, 0.1) is 11.6 Å². The number of aromatic nitrogens is 1. The van der Waals surface area contributed by atoms with Crippen molar-refractivity contribution in [2.75, 3.05) is 0 Å². The lowest BCUT2D eigenvalue weighted by Crippen LogP contribution is -2.27. The Morgan fingerprint density at radius 2 is 2.00 bits per heavy atom. The molecule has 0 bridgehead atoms. The maximum Gasteiger partial charge on any atom is 0.253 e.